The number of nitriles is 1. The maximum absolute atomic E-state index is 12.0. The highest BCUT2D eigenvalue weighted by molar-refractivity contribution is 7.99. The quantitative estimate of drug-likeness (QED) is 0.916. The van der Waals surface area contributed by atoms with Crippen molar-refractivity contribution in [2.45, 2.75) is 6.42 Å². The van der Waals surface area contributed by atoms with Crippen LogP contribution < -0.4 is 5.32 Å². The Kier molecular flexibility index (Phi) is 5.25. The Morgan fingerprint density at radius 1 is 1.42 bits per heavy atom. The van der Waals surface area contributed by atoms with Crippen molar-refractivity contribution >= 4 is 23.4 Å². The number of nitrogens with one attached hydrogen (secondary N) is 1. The minimum absolute atomic E-state index is 0.0120. The molecule has 1 N–H and O–H groups in total. The van der Waals surface area contributed by atoms with Gasteiger partial charge in [0.15, 0.2) is 0 Å². The Labute approximate surface area is 117 Å². The van der Waals surface area contributed by atoms with Crippen LogP contribution in [0.1, 0.15) is 12.0 Å². The zero-order valence-electron chi connectivity index (χ0n) is 10.8. The first-order valence-electron chi connectivity index (χ1n) is 6.38. The van der Waals surface area contributed by atoms with E-state index in [9.17, 15) is 4.79 Å². The van der Waals surface area contributed by atoms with E-state index in [1.807, 2.05) is 11.8 Å². The summed E-state index contributed by atoms with van der Waals surface area (Å²) in [5.74, 6) is 2.27. The van der Waals surface area contributed by atoms with Crippen LogP contribution in [0.4, 0.5) is 5.69 Å². The number of thioether (sulfide) groups is 1. The summed E-state index contributed by atoms with van der Waals surface area (Å²) in [7, 11) is 0. The first-order valence-corrected chi connectivity index (χ1v) is 7.53. The van der Waals surface area contributed by atoms with E-state index in [0.29, 0.717) is 17.8 Å². The van der Waals surface area contributed by atoms with Crippen molar-refractivity contribution in [1.82, 2.24) is 4.90 Å². The molecule has 1 aliphatic rings. The maximum atomic E-state index is 12.0. The second-order valence-corrected chi connectivity index (χ2v) is 5.71. The number of anilines is 1. The highest BCUT2D eigenvalue weighted by atomic mass is 32.2. The Hall–Kier alpha value is -1.51. The fourth-order valence-corrected chi connectivity index (χ4v) is 2.95. The van der Waals surface area contributed by atoms with Crippen molar-refractivity contribution in [3.8, 4) is 6.07 Å². The molecule has 0 spiro atoms. The van der Waals surface area contributed by atoms with Crippen molar-refractivity contribution < 1.29 is 4.79 Å². The van der Waals surface area contributed by atoms with Crippen molar-refractivity contribution in [2.24, 2.45) is 0 Å². The highest BCUT2D eigenvalue weighted by Gasteiger charge is 2.13. The van der Waals surface area contributed by atoms with Crippen LogP contribution in [-0.4, -0.2) is 41.9 Å². The van der Waals surface area contributed by atoms with Crippen LogP contribution in [0.5, 0.6) is 0 Å². The molecule has 1 fully saturated rings. The number of carbonyl (C=O) groups is 1. The van der Waals surface area contributed by atoms with E-state index in [1.165, 1.54) is 5.75 Å². The summed E-state index contributed by atoms with van der Waals surface area (Å²) in [4.78, 5) is 14.1. The van der Waals surface area contributed by atoms with Gasteiger partial charge in [0.25, 0.3) is 0 Å². The van der Waals surface area contributed by atoms with E-state index in [2.05, 4.69) is 16.3 Å². The lowest BCUT2D eigenvalue weighted by Gasteiger charge is -2.18. The van der Waals surface area contributed by atoms with E-state index in [0.717, 1.165) is 25.3 Å². The van der Waals surface area contributed by atoms with Crippen LogP contribution in [0.3, 0.4) is 0 Å². The number of amides is 1. The molecule has 1 heterocycles. The molecular weight excluding hydrogens is 258 g/mol. The zero-order chi connectivity index (χ0) is 13.5. The van der Waals surface area contributed by atoms with Gasteiger partial charge in [-0.15, -0.1) is 0 Å². The molecule has 0 radical (unpaired) electrons. The SMILES string of the molecule is N#Cc1cccc(NC(=O)CN2CCCSCC2)c1. The van der Waals surface area contributed by atoms with Gasteiger partial charge in [-0.3, -0.25) is 9.69 Å². The fraction of sp³-hybridized carbons (Fsp3) is 0.429. The van der Waals surface area contributed by atoms with Gasteiger partial charge in [-0.1, -0.05) is 6.07 Å². The molecule has 0 aliphatic carbocycles. The van der Waals surface area contributed by atoms with Crippen molar-refractivity contribution in [1.29, 1.82) is 5.26 Å². The summed E-state index contributed by atoms with van der Waals surface area (Å²) in [5.41, 5.74) is 1.25. The smallest absolute Gasteiger partial charge is 0.238 e. The van der Waals surface area contributed by atoms with Crippen LogP contribution >= 0.6 is 11.8 Å². The predicted octanol–water partition coefficient (Wildman–Crippen LogP) is 1.94. The number of rotatable bonds is 3. The third-order valence-electron chi connectivity index (χ3n) is 2.96. The van der Waals surface area contributed by atoms with Gasteiger partial charge >= 0.3 is 0 Å². The van der Waals surface area contributed by atoms with E-state index >= 15 is 0 Å². The number of benzene rings is 1. The van der Waals surface area contributed by atoms with Crippen LogP contribution in [0, 0.1) is 11.3 Å². The fourth-order valence-electron chi connectivity index (χ4n) is 2.03. The third kappa shape index (κ3) is 4.58. The van der Waals surface area contributed by atoms with Gasteiger partial charge < -0.3 is 5.32 Å². The molecule has 100 valence electrons. The number of carbonyl (C=O) groups excluding carboxylic acids is 1. The van der Waals surface area contributed by atoms with Crippen molar-refractivity contribution in [3.05, 3.63) is 29.8 Å². The summed E-state index contributed by atoms with van der Waals surface area (Å²) in [6, 6.07) is 9.06. The topological polar surface area (TPSA) is 56.1 Å². The predicted molar refractivity (Wildman–Crippen MR) is 78.2 cm³/mol. The van der Waals surface area contributed by atoms with Crippen LogP contribution in [0.2, 0.25) is 0 Å². The largest absolute Gasteiger partial charge is 0.325 e. The second-order valence-electron chi connectivity index (χ2n) is 4.48. The molecule has 1 saturated heterocycles. The first kappa shape index (κ1) is 13.9. The molecule has 4 nitrogen and oxygen atoms in total. The average molecular weight is 275 g/mol. The molecule has 0 bridgehead atoms. The molecule has 19 heavy (non-hydrogen) atoms. The normalized spacial score (nSPS) is 16.4. The average Bonchev–Trinajstić information content (AvgIpc) is 2.67. The molecule has 1 amide bonds. The minimum Gasteiger partial charge on any atom is -0.325 e. The van der Waals surface area contributed by atoms with Gasteiger partial charge in [-0.25, -0.2) is 0 Å². The van der Waals surface area contributed by atoms with Gasteiger partial charge in [0, 0.05) is 18.0 Å². The van der Waals surface area contributed by atoms with Gasteiger partial charge in [0.2, 0.25) is 5.91 Å². The number of hydrogen-bond donors (Lipinski definition) is 1. The summed E-state index contributed by atoms with van der Waals surface area (Å²) >= 11 is 1.95. The van der Waals surface area contributed by atoms with Crippen molar-refractivity contribution in [2.75, 3.05) is 36.5 Å². The molecule has 0 unspecified atom stereocenters. The molecule has 0 saturated carbocycles. The Morgan fingerprint density at radius 2 is 2.32 bits per heavy atom. The molecule has 5 heteroatoms. The van der Waals surface area contributed by atoms with Gasteiger partial charge in [0.1, 0.15) is 0 Å². The standard InChI is InChI=1S/C14H17N3OS/c15-10-12-3-1-4-13(9-12)16-14(18)11-17-5-2-7-19-8-6-17/h1,3-4,9H,2,5-8,11H2,(H,16,18). The van der Waals surface area contributed by atoms with Gasteiger partial charge in [-0.2, -0.15) is 17.0 Å². The summed E-state index contributed by atoms with van der Waals surface area (Å²) in [6.45, 7) is 2.38. The number of hydrogen-bond acceptors (Lipinski definition) is 4. The lowest BCUT2D eigenvalue weighted by atomic mass is 10.2. The zero-order valence-corrected chi connectivity index (χ0v) is 11.6. The molecule has 1 aromatic carbocycles. The van der Waals surface area contributed by atoms with E-state index in [-0.39, 0.29) is 5.91 Å². The van der Waals surface area contributed by atoms with Crippen LogP contribution in [0.15, 0.2) is 24.3 Å². The lowest BCUT2D eigenvalue weighted by Crippen LogP contribution is -2.34. The second kappa shape index (κ2) is 7.17. The lowest BCUT2D eigenvalue weighted by molar-refractivity contribution is -0.117. The Bertz CT molecular complexity index is 476. The van der Waals surface area contributed by atoms with E-state index < -0.39 is 0 Å². The molecule has 2 rings (SSSR count). The van der Waals surface area contributed by atoms with Crippen molar-refractivity contribution in [3.63, 3.8) is 0 Å². The Balaban J connectivity index is 1.88. The molecule has 0 aromatic heterocycles. The third-order valence-corrected chi connectivity index (χ3v) is 4.01. The van der Waals surface area contributed by atoms with Crippen LogP contribution in [-0.2, 0) is 4.79 Å². The maximum Gasteiger partial charge on any atom is 0.238 e. The van der Waals surface area contributed by atoms with Gasteiger partial charge in [-0.05, 0) is 36.9 Å². The minimum atomic E-state index is -0.0120. The van der Waals surface area contributed by atoms with Crippen LogP contribution in [0.25, 0.3) is 0 Å². The van der Waals surface area contributed by atoms with E-state index in [4.69, 9.17) is 5.26 Å². The van der Waals surface area contributed by atoms with E-state index in [1.54, 1.807) is 24.3 Å². The number of nitrogens with zero attached hydrogens (tertiary/aromatic N) is 2. The monoisotopic (exact) mass is 275 g/mol. The molecule has 0 atom stereocenters. The highest BCUT2D eigenvalue weighted by Crippen LogP contribution is 2.11. The summed E-state index contributed by atoms with van der Waals surface area (Å²) in [6.07, 6.45) is 1.14. The first-order chi connectivity index (χ1) is 9.28. The molecule has 1 aliphatic heterocycles. The summed E-state index contributed by atoms with van der Waals surface area (Å²) in [5, 5.41) is 11.7. The summed E-state index contributed by atoms with van der Waals surface area (Å²) < 4.78 is 0. The Morgan fingerprint density at radius 3 is 3.16 bits per heavy atom. The van der Waals surface area contributed by atoms with Gasteiger partial charge in [0.05, 0.1) is 18.2 Å². The molecule has 1 aromatic rings. The molecular formula is C14H17N3OS.